The first-order valence-electron chi connectivity index (χ1n) is 3.69. The van der Waals surface area contributed by atoms with Crippen molar-refractivity contribution in [1.82, 2.24) is 5.32 Å². The molecule has 2 heteroatoms. The van der Waals surface area contributed by atoms with Gasteiger partial charge in [-0.05, 0) is 18.9 Å². The number of halogens is 1. The lowest BCUT2D eigenvalue weighted by Gasteiger charge is -2.25. The Morgan fingerprint density at radius 1 is 1.67 bits per heavy atom. The molecule has 1 N–H and O–H groups in total. The minimum absolute atomic E-state index is 0.325. The molecular formula is C7H14FN. The largest absolute Gasteiger partial charge is 0.314 e. The fraction of sp³-hybridized carbons (Fsp3) is 1.00. The molecule has 1 fully saturated rings. The van der Waals surface area contributed by atoms with Gasteiger partial charge in [0.05, 0.1) is 0 Å². The first-order valence-corrected chi connectivity index (χ1v) is 3.69. The van der Waals surface area contributed by atoms with Gasteiger partial charge >= 0.3 is 0 Å². The second-order valence-corrected chi connectivity index (χ2v) is 2.68. The van der Waals surface area contributed by atoms with Crippen LogP contribution in [0.25, 0.3) is 0 Å². The lowest BCUT2D eigenvalue weighted by atomic mass is 9.94. The van der Waals surface area contributed by atoms with Crippen LogP contribution in [0.15, 0.2) is 0 Å². The van der Waals surface area contributed by atoms with Gasteiger partial charge in [-0.25, -0.2) is 4.39 Å². The van der Waals surface area contributed by atoms with Crippen LogP contribution in [0.4, 0.5) is 4.39 Å². The van der Waals surface area contributed by atoms with Gasteiger partial charge in [-0.3, -0.25) is 0 Å². The van der Waals surface area contributed by atoms with Gasteiger partial charge in [-0.1, -0.05) is 13.3 Å². The third kappa shape index (κ3) is 1.65. The summed E-state index contributed by atoms with van der Waals surface area (Å²) in [6.07, 6.45) is 1.41. The molecule has 54 valence electrons. The van der Waals surface area contributed by atoms with E-state index in [4.69, 9.17) is 0 Å². The highest BCUT2D eigenvalue weighted by molar-refractivity contribution is 4.75. The first kappa shape index (κ1) is 7.00. The molecule has 1 saturated heterocycles. The number of hydrogen-bond acceptors (Lipinski definition) is 1. The van der Waals surface area contributed by atoms with E-state index in [9.17, 15) is 4.39 Å². The maximum Gasteiger partial charge on any atom is 0.115 e. The van der Waals surface area contributed by atoms with E-state index in [1.165, 1.54) is 0 Å². The maximum atomic E-state index is 12.8. The second-order valence-electron chi connectivity index (χ2n) is 2.68. The Labute approximate surface area is 55.6 Å². The molecule has 2 atom stereocenters. The van der Waals surface area contributed by atoms with Crippen LogP contribution in [0.3, 0.4) is 0 Å². The molecule has 0 aliphatic carbocycles. The van der Waals surface area contributed by atoms with Crippen molar-refractivity contribution in [3.63, 3.8) is 0 Å². The van der Waals surface area contributed by atoms with Crippen molar-refractivity contribution in [3.05, 3.63) is 0 Å². The van der Waals surface area contributed by atoms with Crippen molar-refractivity contribution in [1.29, 1.82) is 0 Å². The Hall–Kier alpha value is -0.110. The molecule has 0 spiro atoms. The van der Waals surface area contributed by atoms with Crippen LogP contribution in [0, 0.1) is 5.92 Å². The predicted molar refractivity (Wildman–Crippen MR) is 36.2 cm³/mol. The van der Waals surface area contributed by atoms with E-state index in [0.29, 0.717) is 12.5 Å². The van der Waals surface area contributed by atoms with Crippen molar-refractivity contribution in [2.24, 2.45) is 5.92 Å². The maximum absolute atomic E-state index is 12.8. The van der Waals surface area contributed by atoms with E-state index in [1.54, 1.807) is 0 Å². The smallest absolute Gasteiger partial charge is 0.115 e. The van der Waals surface area contributed by atoms with Gasteiger partial charge in [0.2, 0.25) is 0 Å². The summed E-state index contributed by atoms with van der Waals surface area (Å²) in [4.78, 5) is 0. The topological polar surface area (TPSA) is 12.0 Å². The van der Waals surface area contributed by atoms with Crippen LogP contribution < -0.4 is 5.32 Å². The molecule has 1 nitrogen and oxygen atoms in total. The van der Waals surface area contributed by atoms with Gasteiger partial charge in [-0.15, -0.1) is 0 Å². The van der Waals surface area contributed by atoms with Gasteiger partial charge in [0.25, 0.3) is 0 Å². The summed E-state index contributed by atoms with van der Waals surface area (Å²) < 4.78 is 12.8. The molecule has 1 rings (SSSR count). The van der Waals surface area contributed by atoms with E-state index >= 15 is 0 Å². The number of alkyl halides is 1. The lowest BCUT2D eigenvalue weighted by molar-refractivity contribution is 0.176. The highest BCUT2D eigenvalue weighted by atomic mass is 19.1. The molecule has 0 saturated carbocycles. The van der Waals surface area contributed by atoms with Crippen LogP contribution >= 0.6 is 0 Å². The standard InChI is InChI=1S/C7H14FN/c1-2-6-3-4-9-5-7(6)8/h6-7,9H,2-5H2,1H3/t6-,7-/m0/s1. The van der Waals surface area contributed by atoms with Crippen molar-refractivity contribution in [3.8, 4) is 0 Å². The summed E-state index contributed by atoms with van der Waals surface area (Å²) in [5, 5.41) is 3.02. The SMILES string of the molecule is CC[C@H]1CCNC[C@@H]1F. The number of hydrogen-bond donors (Lipinski definition) is 1. The van der Waals surface area contributed by atoms with Crippen LogP contribution in [0.1, 0.15) is 19.8 Å². The van der Waals surface area contributed by atoms with Crippen LogP contribution in [0.5, 0.6) is 0 Å². The Morgan fingerprint density at radius 3 is 2.89 bits per heavy atom. The second kappa shape index (κ2) is 3.16. The zero-order chi connectivity index (χ0) is 6.69. The monoisotopic (exact) mass is 131 g/mol. The zero-order valence-electron chi connectivity index (χ0n) is 5.86. The predicted octanol–water partition coefficient (Wildman–Crippen LogP) is 1.34. The molecular weight excluding hydrogens is 117 g/mol. The summed E-state index contributed by atoms with van der Waals surface area (Å²) >= 11 is 0. The van der Waals surface area contributed by atoms with Crippen molar-refractivity contribution in [2.45, 2.75) is 25.9 Å². The average molecular weight is 131 g/mol. The third-order valence-electron chi connectivity index (χ3n) is 2.07. The Kier molecular flexibility index (Phi) is 2.46. The van der Waals surface area contributed by atoms with Gasteiger partial charge < -0.3 is 5.32 Å². The zero-order valence-corrected chi connectivity index (χ0v) is 5.86. The molecule has 0 bridgehead atoms. The van der Waals surface area contributed by atoms with Gasteiger partial charge in [0, 0.05) is 6.54 Å². The van der Waals surface area contributed by atoms with E-state index in [2.05, 4.69) is 12.2 Å². The Bertz CT molecular complexity index is 85.0. The molecule has 1 aliphatic rings. The quantitative estimate of drug-likeness (QED) is 0.566. The van der Waals surface area contributed by atoms with Crippen LogP contribution in [0.2, 0.25) is 0 Å². The molecule has 1 heterocycles. The highest BCUT2D eigenvalue weighted by Gasteiger charge is 2.21. The highest BCUT2D eigenvalue weighted by Crippen LogP contribution is 2.18. The number of rotatable bonds is 1. The minimum atomic E-state index is -0.594. The normalized spacial score (nSPS) is 36.7. The molecule has 0 aromatic heterocycles. The summed E-state index contributed by atoms with van der Waals surface area (Å²) in [6, 6.07) is 0. The van der Waals surface area contributed by atoms with E-state index in [1.807, 2.05) is 0 Å². The van der Waals surface area contributed by atoms with E-state index in [-0.39, 0.29) is 0 Å². The number of nitrogens with one attached hydrogen (secondary N) is 1. The first-order chi connectivity index (χ1) is 4.34. The molecule has 0 radical (unpaired) electrons. The molecule has 0 aromatic rings. The molecule has 0 amide bonds. The summed E-state index contributed by atoms with van der Waals surface area (Å²) in [5.41, 5.74) is 0. The summed E-state index contributed by atoms with van der Waals surface area (Å²) in [5.74, 6) is 0.325. The third-order valence-corrected chi connectivity index (χ3v) is 2.07. The van der Waals surface area contributed by atoms with Gasteiger partial charge in [0.1, 0.15) is 6.17 Å². The molecule has 0 aromatic carbocycles. The van der Waals surface area contributed by atoms with E-state index in [0.717, 1.165) is 19.4 Å². The Morgan fingerprint density at radius 2 is 2.44 bits per heavy atom. The number of piperidine rings is 1. The summed E-state index contributed by atoms with van der Waals surface area (Å²) in [7, 11) is 0. The van der Waals surface area contributed by atoms with Crippen LogP contribution in [-0.2, 0) is 0 Å². The fourth-order valence-corrected chi connectivity index (χ4v) is 1.33. The summed E-state index contributed by atoms with van der Waals surface area (Å²) in [6.45, 7) is 3.62. The van der Waals surface area contributed by atoms with Gasteiger partial charge in [0.15, 0.2) is 0 Å². The minimum Gasteiger partial charge on any atom is -0.314 e. The lowest BCUT2D eigenvalue weighted by Crippen LogP contribution is -2.37. The van der Waals surface area contributed by atoms with E-state index < -0.39 is 6.17 Å². The molecule has 9 heavy (non-hydrogen) atoms. The fourth-order valence-electron chi connectivity index (χ4n) is 1.33. The average Bonchev–Trinajstić information content (AvgIpc) is 1.89. The van der Waals surface area contributed by atoms with Gasteiger partial charge in [-0.2, -0.15) is 0 Å². The Balaban J connectivity index is 2.30. The van der Waals surface area contributed by atoms with Crippen molar-refractivity contribution in [2.75, 3.05) is 13.1 Å². The van der Waals surface area contributed by atoms with Crippen molar-refractivity contribution < 1.29 is 4.39 Å². The van der Waals surface area contributed by atoms with Crippen LogP contribution in [-0.4, -0.2) is 19.3 Å². The molecule has 1 aliphatic heterocycles. The molecule has 0 unspecified atom stereocenters. The van der Waals surface area contributed by atoms with Crippen molar-refractivity contribution >= 4 is 0 Å².